The zero-order chi connectivity index (χ0) is 24.2. The number of likely N-dealkylation sites (tertiary alicyclic amines) is 1. The van der Waals surface area contributed by atoms with Crippen LogP contribution in [0.3, 0.4) is 0 Å². The highest BCUT2D eigenvalue weighted by Gasteiger charge is 2.35. The van der Waals surface area contributed by atoms with E-state index < -0.39 is 0 Å². The molecule has 1 aromatic heterocycles. The Hall–Kier alpha value is -3.03. The number of thiophene rings is 1. The maximum absolute atomic E-state index is 13.4. The summed E-state index contributed by atoms with van der Waals surface area (Å²) in [5.41, 5.74) is 2.15. The van der Waals surface area contributed by atoms with Crippen molar-refractivity contribution in [2.75, 3.05) is 27.3 Å². The molecule has 0 spiro atoms. The van der Waals surface area contributed by atoms with Crippen molar-refractivity contribution in [3.63, 3.8) is 0 Å². The normalized spacial score (nSPS) is 17.8. The molecule has 8 heteroatoms. The highest BCUT2D eigenvalue weighted by atomic mass is 35.5. The van der Waals surface area contributed by atoms with E-state index in [1.165, 1.54) is 4.88 Å². The largest absolute Gasteiger partial charge is 0.493 e. The molecule has 2 amide bonds. The Labute approximate surface area is 208 Å². The molecule has 0 saturated carbocycles. The molecule has 1 saturated heterocycles. The van der Waals surface area contributed by atoms with Gasteiger partial charge in [-0.2, -0.15) is 0 Å². The Morgan fingerprint density at radius 3 is 2.53 bits per heavy atom. The molecule has 3 aromatic rings. The second-order valence-electron chi connectivity index (χ2n) is 8.24. The van der Waals surface area contributed by atoms with Gasteiger partial charge in [0.2, 0.25) is 0 Å². The predicted octanol–water partition coefficient (Wildman–Crippen LogP) is 5.16. The highest BCUT2D eigenvalue weighted by molar-refractivity contribution is 7.10. The van der Waals surface area contributed by atoms with E-state index in [0.29, 0.717) is 47.2 Å². The van der Waals surface area contributed by atoms with E-state index in [1.54, 1.807) is 68.0 Å². The maximum atomic E-state index is 13.4. The summed E-state index contributed by atoms with van der Waals surface area (Å²) in [5, 5.41) is 5.65. The Bertz CT molecular complexity index is 1200. The molecule has 0 aliphatic carbocycles. The number of carbonyl (C=O) groups excluding carboxylic acids is 2. The number of benzene rings is 2. The second kappa shape index (κ2) is 10.5. The molecular weight excluding hydrogens is 472 g/mol. The number of methoxy groups -OCH3 is 2. The summed E-state index contributed by atoms with van der Waals surface area (Å²) in [6.07, 6.45) is 0.636. The molecule has 1 fully saturated rings. The molecule has 178 valence electrons. The number of nitrogens with one attached hydrogen (secondary N) is 1. The van der Waals surface area contributed by atoms with Crippen molar-refractivity contribution >= 4 is 34.8 Å². The van der Waals surface area contributed by atoms with Crippen LogP contribution in [0.15, 0.2) is 53.9 Å². The van der Waals surface area contributed by atoms with E-state index in [9.17, 15) is 9.59 Å². The molecular formula is C26H27ClN2O4S. The summed E-state index contributed by atoms with van der Waals surface area (Å²) in [6, 6.07) is 14.2. The van der Waals surface area contributed by atoms with Crippen LogP contribution in [0.5, 0.6) is 11.5 Å². The van der Waals surface area contributed by atoms with Gasteiger partial charge >= 0.3 is 0 Å². The summed E-state index contributed by atoms with van der Waals surface area (Å²) in [6.45, 7) is 3.09. The van der Waals surface area contributed by atoms with E-state index in [-0.39, 0.29) is 23.8 Å². The first-order valence-corrected chi connectivity index (χ1v) is 12.3. The number of nitrogens with zero attached hydrogens (tertiary/aromatic N) is 1. The molecule has 6 nitrogen and oxygen atoms in total. The van der Waals surface area contributed by atoms with Crippen LogP contribution in [0.25, 0.3) is 0 Å². The van der Waals surface area contributed by atoms with Crippen LogP contribution < -0.4 is 14.8 Å². The van der Waals surface area contributed by atoms with Crippen molar-refractivity contribution in [1.29, 1.82) is 0 Å². The molecule has 0 bridgehead atoms. The lowest BCUT2D eigenvalue weighted by Crippen LogP contribution is -2.51. The third kappa shape index (κ3) is 4.91. The quantitative estimate of drug-likeness (QED) is 0.510. The van der Waals surface area contributed by atoms with Crippen LogP contribution in [0.1, 0.15) is 43.5 Å². The van der Waals surface area contributed by atoms with Gasteiger partial charge in [0.05, 0.1) is 24.8 Å². The number of hydrogen-bond donors (Lipinski definition) is 1. The fourth-order valence-corrected chi connectivity index (χ4v) is 5.69. The van der Waals surface area contributed by atoms with Gasteiger partial charge < -0.3 is 19.7 Å². The Morgan fingerprint density at radius 2 is 1.85 bits per heavy atom. The molecule has 0 radical (unpaired) electrons. The van der Waals surface area contributed by atoms with Gasteiger partial charge in [0.1, 0.15) is 0 Å². The molecule has 1 aliphatic rings. The molecule has 2 heterocycles. The van der Waals surface area contributed by atoms with Crippen molar-refractivity contribution in [2.24, 2.45) is 0 Å². The smallest absolute Gasteiger partial charge is 0.254 e. The van der Waals surface area contributed by atoms with E-state index in [1.807, 2.05) is 10.3 Å². The number of carbonyl (C=O) groups is 2. The van der Waals surface area contributed by atoms with E-state index in [2.05, 4.69) is 18.3 Å². The average Bonchev–Trinajstić information content (AvgIpc) is 3.29. The van der Waals surface area contributed by atoms with E-state index in [4.69, 9.17) is 21.1 Å². The van der Waals surface area contributed by atoms with Gasteiger partial charge in [-0.05, 0) is 60.7 Å². The lowest BCUT2D eigenvalue weighted by molar-refractivity contribution is 0.0672. The number of ether oxygens (including phenoxy) is 2. The third-order valence-electron chi connectivity index (χ3n) is 6.20. The number of halogens is 1. The van der Waals surface area contributed by atoms with Gasteiger partial charge in [-0.15, -0.1) is 11.3 Å². The fourth-order valence-electron chi connectivity index (χ4n) is 4.38. The molecule has 2 aromatic carbocycles. The van der Waals surface area contributed by atoms with Crippen LogP contribution >= 0.6 is 22.9 Å². The van der Waals surface area contributed by atoms with E-state index in [0.717, 1.165) is 5.56 Å². The minimum atomic E-state index is -0.200. The van der Waals surface area contributed by atoms with Crippen molar-refractivity contribution in [3.05, 3.63) is 80.5 Å². The third-order valence-corrected chi connectivity index (χ3v) is 7.68. The minimum Gasteiger partial charge on any atom is -0.493 e. The lowest BCUT2D eigenvalue weighted by atomic mass is 9.88. The van der Waals surface area contributed by atoms with Gasteiger partial charge in [-0.25, -0.2) is 0 Å². The maximum Gasteiger partial charge on any atom is 0.254 e. The summed E-state index contributed by atoms with van der Waals surface area (Å²) < 4.78 is 10.7. The van der Waals surface area contributed by atoms with Crippen molar-refractivity contribution < 1.29 is 19.1 Å². The molecule has 1 aliphatic heterocycles. The number of rotatable bonds is 6. The second-order valence-corrected chi connectivity index (χ2v) is 9.60. The van der Waals surface area contributed by atoms with Crippen LogP contribution in [0, 0.1) is 6.92 Å². The zero-order valence-electron chi connectivity index (χ0n) is 19.3. The Morgan fingerprint density at radius 1 is 1.09 bits per heavy atom. The lowest BCUT2D eigenvalue weighted by Gasteiger charge is -2.39. The van der Waals surface area contributed by atoms with Gasteiger partial charge in [-0.1, -0.05) is 23.7 Å². The summed E-state index contributed by atoms with van der Waals surface area (Å²) in [7, 11) is 3.11. The van der Waals surface area contributed by atoms with Crippen molar-refractivity contribution in [3.8, 4) is 11.5 Å². The average molecular weight is 499 g/mol. The van der Waals surface area contributed by atoms with Crippen LogP contribution in [-0.4, -0.2) is 50.1 Å². The summed E-state index contributed by atoms with van der Waals surface area (Å²) in [4.78, 5) is 29.4. The number of piperidine rings is 1. The van der Waals surface area contributed by atoms with Crippen LogP contribution in [-0.2, 0) is 0 Å². The molecule has 2 atom stereocenters. The summed E-state index contributed by atoms with van der Waals surface area (Å²) in [5.74, 6) is 0.794. The topological polar surface area (TPSA) is 67.9 Å². The van der Waals surface area contributed by atoms with Crippen molar-refractivity contribution in [2.45, 2.75) is 25.3 Å². The predicted molar refractivity (Wildman–Crippen MR) is 135 cm³/mol. The standard InChI is InChI=1S/C26H27ClN2O4S/c1-16-11-13-34-24(16)19-15-29(26(31)17-8-9-22(32-2)23(14-17)33-3)12-10-21(19)28-25(30)18-6-4-5-7-20(18)27/h4-9,11,13-14,19,21H,10,12,15H2,1-3H3,(H,28,30). The van der Waals surface area contributed by atoms with Gasteiger partial charge in [-0.3, -0.25) is 9.59 Å². The van der Waals surface area contributed by atoms with E-state index >= 15 is 0 Å². The molecule has 4 rings (SSSR count). The zero-order valence-corrected chi connectivity index (χ0v) is 20.9. The first-order chi connectivity index (χ1) is 16.4. The van der Waals surface area contributed by atoms with Gasteiger partial charge in [0.15, 0.2) is 11.5 Å². The monoisotopic (exact) mass is 498 g/mol. The number of aryl methyl sites for hydroxylation is 1. The summed E-state index contributed by atoms with van der Waals surface area (Å²) >= 11 is 7.90. The highest BCUT2D eigenvalue weighted by Crippen LogP contribution is 2.35. The molecule has 2 unspecified atom stereocenters. The SMILES string of the molecule is COc1ccc(C(=O)N2CCC(NC(=O)c3ccccc3Cl)C(c3sccc3C)C2)cc1OC. The van der Waals surface area contributed by atoms with Gasteiger partial charge in [0.25, 0.3) is 11.8 Å². The number of amides is 2. The van der Waals surface area contributed by atoms with Crippen LogP contribution in [0.2, 0.25) is 5.02 Å². The number of hydrogen-bond acceptors (Lipinski definition) is 5. The van der Waals surface area contributed by atoms with Crippen molar-refractivity contribution in [1.82, 2.24) is 10.2 Å². The first-order valence-electron chi connectivity index (χ1n) is 11.0. The molecule has 34 heavy (non-hydrogen) atoms. The molecule has 1 N–H and O–H groups in total. The van der Waals surface area contributed by atoms with Crippen LogP contribution in [0.4, 0.5) is 0 Å². The fraction of sp³-hybridized carbons (Fsp3) is 0.308. The minimum absolute atomic E-state index is 0.0238. The Balaban J connectivity index is 1.57. The Kier molecular flexibility index (Phi) is 7.44. The first kappa shape index (κ1) is 24.1. The van der Waals surface area contributed by atoms with Gasteiger partial charge in [0, 0.05) is 35.5 Å².